The summed E-state index contributed by atoms with van der Waals surface area (Å²) in [7, 11) is 0. The molecule has 3 aromatic carbocycles. The number of aryl methyl sites for hydroxylation is 2. The largest absolute Gasteiger partial charge is 0.494 e. The average molecular weight is 462 g/mol. The van der Waals surface area contributed by atoms with Crippen molar-refractivity contribution in [2.45, 2.75) is 27.2 Å². The molecule has 0 spiro atoms. The molecular weight excluding hydrogens is 438 g/mol. The van der Waals surface area contributed by atoms with E-state index >= 15 is 0 Å². The van der Waals surface area contributed by atoms with Crippen LogP contribution < -0.4 is 15.0 Å². The maximum Gasteiger partial charge on any atom is 0.282 e. The van der Waals surface area contributed by atoms with Crippen LogP contribution in [0.1, 0.15) is 30.0 Å². The van der Waals surface area contributed by atoms with Crippen LogP contribution in [0.4, 0.5) is 20.2 Å². The highest BCUT2D eigenvalue weighted by Gasteiger charge is 2.41. The molecule has 0 aromatic heterocycles. The summed E-state index contributed by atoms with van der Waals surface area (Å²) in [5.74, 6) is -2.87. The minimum absolute atomic E-state index is 0.0482. The van der Waals surface area contributed by atoms with Crippen LogP contribution in [-0.4, -0.2) is 18.4 Å². The zero-order valence-corrected chi connectivity index (χ0v) is 19.1. The third kappa shape index (κ3) is 4.41. The number of imide groups is 1. The summed E-state index contributed by atoms with van der Waals surface area (Å²) >= 11 is 0. The third-order valence-corrected chi connectivity index (χ3v) is 5.47. The number of carbonyl (C=O) groups is 2. The first-order valence-corrected chi connectivity index (χ1v) is 11.0. The minimum atomic E-state index is -1.15. The van der Waals surface area contributed by atoms with Crippen molar-refractivity contribution in [2.75, 3.05) is 16.8 Å². The average Bonchev–Trinajstić information content (AvgIpc) is 3.04. The van der Waals surface area contributed by atoms with Crippen molar-refractivity contribution in [3.05, 3.63) is 94.7 Å². The molecule has 7 heteroatoms. The second-order valence-corrected chi connectivity index (χ2v) is 8.11. The van der Waals surface area contributed by atoms with Crippen LogP contribution in [0.3, 0.4) is 0 Å². The number of carbonyl (C=O) groups excluding carboxylic acids is 2. The molecule has 34 heavy (non-hydrogen) atoms. The molecule has 2 amide bonds. The summed E-state index contributed by atoms with van der Waals surface area (Å²) in [6, 6.07) is 15.5. The number of halogens is 2. The molecule has 0 saturated carbocycles. The maximum atomic E-state index is 13.9. The van der Waals surface area contributed by atoms with Crippen molar-refractivity contribution < 1.29 is 23.1 Å². The Labute approximate surface area is 196 Å². The fourth-order valence-corrected chi connectivity index (χ4v) is 3.88. The van der Waals surface area contributed by atoms with E-state index in [2.05, 4.69) is 5.32 Å². The highest BCUT2D eigenvalue weighted by Crippen LogP contribution is 2.36. The van der Waals surface area contributed by atoms with Crippen molar-refractivity contribution in [3.8, 4) is 5.75 Å². The number of amides is 2. The van der Waals surface area contributed by atoms with E-state index in [4.69, 9.17) is 4.74 Å². The van der Waals surface area contributed by atoms with E-state index in [9.17, 15) is 18.4 Å². The molecule has 1 aliphatic heterocycles. The van der Waals surface area contributed by atoms with Crippen LogP contribution in [0.5, 0.6) is 5.75 Å². The number of benzene rings is 3. The molecule has 0 bridgehead atoms. The lowest BCUT2D eigenvalue weighted by Gasteiger charge is -2.16. The lowest BCUT2D eigenvalue weighted by atomic mass is 9.97. The second kappa shape index (κ2) is 9.47. The van der Waals surface area contributed by atoms with Crippen molar-refractivity contribution in [2.24, 2.45) is 0 Å². The van der Waals surface area contributed by atoms with Gasteiger partial charge in [-0.25, -0.2) is 13.7 Å². The number of nitrogens with one attached hydrogen (secondary N) is 1. The van der Waals surface area contributed by atoms with Crippen LogP contribution in [0.2, 0.25) is 0 Å². The van der Waals surface area contributed by atoms with Crippen molar-refractivity contribution in [1.82, 2.24) is 0 Å². The van der Waals surface area contributed by atoms with Gasteiger partial charge in [-0.15, -0.1) is 0 Å². The van der Waals surface area contributed by atoms with E-state index in [0.29, 0.717) is 23.6 Å². The van der Waals surface area contributed by atoms with Crippen molar-refractivity contribution in [1.29, 1.82) is 0 Å². The molecule has 5 nitrogen and oxygen atoms in total. The Morgan fingerprint density at radius 1 is 0.912 bits per heavy atom. The molecule has 0 aliphatic carbocycles. The van der Waals surface area contributed by atoms with Crippen LogP contribution in [-0.2, 0) is 9.59 Å². The predicted molar refractivity (Wildman–Crippen MR) is 128 cm³/mol. The smallest absolute Gasteiger partial charge is 0.282 e. The van der Waals surface area contributed by atoms with Gasteiger partial charge in [-0.1, -0.05) is 36.8 Å². The van der Waals surface area contributed by atoms with Gasteiger partial charge < -0.3 is 10.1 Å². The maximum absolute atomic E-state index is 13.9. The standard InChI is InChI=1S/C27H24F2N2O3/c1-4-12-34-20-7-5-6-18(14-20)30-25-24(21-10-8-16(2)13-17(21)3)26(32)31(27(25)33)19-9-11-22(28)23(29)15-19/h5-11,13-15,30H,4,12H2,1-3H3. The summed E-state index contributed by atoms with van der Waals surface area (Å²) in [6.07, 6.45) is 0.843. The quantitative estimate of drug-likeness (QED) is 0.453. The van der Waals surface area contributed by atoms with Crippen LogP contribution >= 0.6 is 0 Å². The Morgan fingerprint density at radius 3 is 2.41 bits per heavy atom. The predicted octanol–water partition coefficient (Wildman–Crippen LogP) is 5.77. The van der Waals surface area contributed by atoms with Gasteiger partial charge >= 0.3 is 0 Å². The van der Waals surface area contributed by atoms with Crippen LogP contribution in [0.15, 0.2) is 66.4 Å². The Bertz CT molecular complexity index is 1320. The third-order valence-electron chi connectivity index (χ3n) is 5.47. The Morgan fingerprint density at radius 2 is 1.71 bits per heavy atom. The molecule has 0 atom stereocenters. The van der Waals surface area contributed by atoms with Gasteiger partial charge in [0, 0.05) is 17.8 Å². The number of nitrogens with zero attached hydrogens (tertiary/aromatic N) is 1. The summed E-state index contributed by atoms with van der Waals surface area (Å²) in [4.78, 5) is 27.9. The fraction of sp³-hybridized carbons (Fsp3) is 0.185. The first kappa shape index (κ1) is 23.2. The van der Waals surface area contributed by atoms with E-state index in [1.807, 2.05) is 32.9 Å². The first-order chi connectivity index (χ1) is 16.3. The first-order valence-electron chi connectivity index (χ1n) is 11.0. The minimum Gasteiger partial charge on any atom is -0.494 e. The molecule has 0 saturated heterocycles. The van der Waals surface area contributed by atoms with Gasteiger partial charge in [0.25, 0.3) is 11.8 Å². The van der Waals surface area contributed by atoms with Gasteiger partial charge in [-0.05, 0) is 55.7 Å². The van der Waals surface area contributed by atoms with Gasteiger partial charge in [-0.3, -0.25) is 9.59 Å². The van der Waals surface area contributed by atoms with Crippen molar-refractivity contribution in [3.63, 3.8) is 0 Å². The lowest BCUT2D eigenvalue weighted by Crippen LogP contribution is -2.32. The van der Waals surface area contributed by atoms with E-state index in [0.717, 1.165) is 34.6 Å². The normalized spacial score (nSPS) is 13.6. The van der Waals surface area contributed by atoms with Gasteiger partial charge in [0.15, 0.2) is 11.6 Å². The Hall–Kier alpha value is -4.00. The number of hydrogen-bond acceptors (Lipinski definition) is 4. The molecule has 0 fully saturated rings. The molecule has 4 rings (SSSR count). The molecule has 1 heterocycles. The van der Waals surface area contributed by atoms with Gasteiger partial charge in [0.1, 0.15) is 11.4 Å². The van der Waals surface area contributed by atoms with Gasteiger partial charge in [-0.2, -0.15) is 0 Å². The second-order valence-electron chi connectivity index (χ2n) is 8.11. The molecule has 0 radical (unpaired) electrons. The topological polar surface area (TPSA) is 58.6 Å². The molecule has 1 aliphatic rings. The number of hydrogen-bond donors (Lipinski definition) is 1. The summed E-state index contributed by atoms with van der Waals surface area (Å²) in [5, 5.41) is 3.07. The van der Waals surface area contributed by atoms with Gasteiger partial charge in [0.2, 0.25) is 0 Å². The summed E-state index contributed by atoms with van der Waals surface area (Å²) in [5.41, 5.74) is 3.11. The van der Waals surface area contributed by atoms with Crippen molar-refractivity contribution >= 4 is 28.8 Å². The van der Waals surface area contributed by atoms with E-state index in [-0.39, 0.29) is 17.0 Å². The molecule has 174 valence electrons. The molecular formula is C27H24F2N2O3. The van der Waals surface area contributed by atoms with Crippen LogP contribution in [0.25, 0.3) is 5.57 Å². The highest BCUT2D eigenvalue weighted by atomic mass is 19.2. The number of ether oxygens (including phenoxy) is 1. The molecule has 0 unspecified atom stereocenters. The van der Waals surface area contributed by atoms with E-state index in [1.54, 1.807) is 30.3 Å². The zero-order valence-electron chi connectivity index (χ0n) is 19.1. The SMILES string of the molecule is CCCOc1cccc(NC2=C(c3ccc(C)cc3C)C(=O)N(c3ccc(F)c(F)c3)C2=O)c1. The fourth-order valence-electron chi connectivity index (χ4n) is 3.88. The zero-order chi connectivity index (χ0) is 24.4. The van der Waals surface area contributed by atoms with Gasteiger partial charge in [0.05, 0.1) is 17.9 Å². The monoisotopic (exact) mass is 462 g/mol. The Kier molecular flexibility index (Phi) is 6.45. The summed E-state index contributed by atoms with van der Waals surface area (Å²) in [6.45, 7) is 6.32. The Balaban J connectivity index is 1.81. The highest BCUT2D eigenvalue weighted by molar-refractivity contribution is 6.46. The molecule has 3 aromatic rings. The number of rotatable bonds is 7. The van der Waals surface area contributed by atoms with E-state index < -0.39 is 23.4 Å². The number of anilines is 2. The molecule has 1 N–H and O–H groups in total. The lowest BCUT2D eigenvalue weighted by molar-refractivity contribution is -0.120. The van der Waals surface area contributed by atoms with E-state index in [1.165, 1.54) is 6.07 Å². The van der Waals surface area contributed by atoms with Crippen LogP contribution in [0, 0.1) is 25.5 Å². The summed E-state index contributed by atoms with van der Waals surface area (Å²) < 4.78 is 33.1.